The molecule has 0 atom stereocenters. The molecule has 0 spiro atoms. The van der Waals surface area contributed by atoms with Crippen molar-refractivity contribution in [3.05, 3.63) is 47.5 Å². The van der Waals surface area contributed by atoms with Gasteiger partial charge in [-0.15, -0.1) is 12.4 Å². The van der Waals surface area contributed by atoms with Crippen LogP contribution in [0, 0.1) is 5.82 Å². The number of likely N-dealkylation sites (N-methyl/N-ethyl adjacent to an activating group) is 2. The molecular formula is C20H25ClFN7O2. The molecule has 3 aromatic rings. The number of aromatic nitrogens is 4. The summed E-state index contributed by atoms with van der Waals surface area (Å²) < 4.78 is 21.0. The summed E-state index contributed by atoms with van der Waals surface area (Å²) in [6.07, 6.45) is 1.60. The maximum atomic E-state index is 13.7. The SMILES string of the molecule is CN(C)CCN(C)Cc1nc(-c2ncn3c2CN(C)C(=O)c2cc(F)ccc2-3)no1.Cl. The van der Waals surface area contributed by atoms with Crippen molar-refractivity contribution in [2.45, 2.75) is 13.1 Å². The molecule has 0 fully saturated rings. The summed E-state index contributed by atoms with van der Waals surface area (Å²) in [5.74, 6) is 0.149. The lowest BCUT2D eigenvalue weighted by atomic mass is 10.1. The summed E-state index contributed by atoms with van der Waals surface area (Å²) in [6.45, 7) is 2.60. The Morgan fingerprint density at radius 1 is 1.23 bits per heavy atom. The molecule has 0 saturated carbocycles. The Hall–Kier alpha value is -2.82. The van der Waals surface area contributed by atoms with E-state index in [2.05, 4.69) is 24.9 Å². The van der Waals surface area contributed by atoms with Gasteiger partial charge in [0.1, 0.15) is 17.8 Å². The number of benzene rings is 1. The monoisotopic (exact) mass is 449 g/mol. The summed E-state index contributed by atoms with van der Waals surface area (Å²) in [5, 5.41) is 4.10. The molecule has 3 heterocycles. The van der Waals surface area contributed by atoms with Gasteiger partial charge in [0.15, 0.2) is 0 Å². The van der Waals surface area contributed by atoms with Crippen LogP contribution in [0.25, 0.3) is 17.2 Å². The van der Waals surface area contributed by atoms with Crippen molar-refractivity contribution < 1.29 is 13.7 Å². The fraction of sp³-hybridized carbons (Fsp3) is 0.400. The van der Waals surface area contributed by atoms with Crippen molar-refractivity contribution in [1.82, 2.24) is 34.4 Å². The molecule has 166 valence electrons. The number of hydrogen-bond donors (Lipinski definition) is 0. The van der Waals surface area contributed by atoms with E-state index in [1.54, 1.807) is 24.0 Å². The van der Waals surface area contributed by atoms with Crippen molar-refractivity contribution >= 4 is 18.3 Å². The smallest absolute Gasteiger partial charge is 0.256 e. The van der Waals surface area contributed by atoms with E-state index in [0.717, 1.165) is 18.8 Å². The van der Waals surface area contributed by atoms with Gasteiger partial charge in [-0.05, 0) is 39.3 Å². The first-order valence-electron chi connectivity index (χ1n) is 9.61. The van der Waals surface area contributed by atoms with E-state index in [0.29, 0.717) is 29.6 Å². The highest BCUT2D eigenvalue weighted by Crippen LogP contribution is 2.29. The molecule has 0 radical (unpaired) electrons. The number of carbonyl (C=O) groups is 1. The normalized spacial score (nSPS) is 13.3. The van der Waals surface area contributed by atoms with Gasteiger partial charge in [0.05, 0.1) is 30.0 Å². The zero-order valence-corrected chi connectivity index (χ0v) is 18.7. The third-order valence-electron chi connectivity index (χ3n) is 5.06. The quantitative estimate of drug-likeness (QED) is 0.569. The lowest BCUT2D eigenvalue weighted by molar-refractivity contribution is 0.0787. The van der Waals surface area contributed by atoms with Crippen LogP contribution in [-0.2, 0) is 13.1 Å². The fourth-order valence-corrected chi connectivity index (χ4v) is 3.41. The second kappa shape index (κ2) is 9.13. The van der Waals surface area contributed by atoms with Crippen molar-refractivity contribution in [2.24, 2.45) is 0 Å². The highest BCUT2D eigenvalue weighted by Gasteiger charge is 2.28. The van der Waals surface area contributed by atoms with Gasteiger partial charge in [0.25, 0.3) is 5.91 Å². The Morgan fingerprint density at radius 3 is 2.74 bits per heavy atom. The minimum Gasteiger partial charge on any atom is -0.337 e. The first-order valence-corrected chi connectivity index (χ1v) is 9.61. The van der Waals surface area contributed by atoms with Gasteiger partial charge in [-0.1, -0.05) is 5.16 Å². The number of rotatable bonds is 6. The van der Waals surface area contributed by atoms with E-state index in [-0.39, 0.29) is 30.4 Å². The minimum absolute atomic E-state index is 0. The first kappa shape index (κ1) is 22.9. The summed E-state index contributed by atoms with van der Waals surface area (Å²) in [5.41, 5.74) is 2.14. The zero-order valence-electron chi connectivity index (χ0n) is 17.9. The predicted molar refractivity (Wildman–Crippen MR) is 115 cm³/mol. The summed E-state index contributed by atoms with van der Waals surface area (Å²) in [7, 11) is 7.71. The van der Waals surface area contributed by atoms with E-state index in [1.807, 2.05) is 21.1 Å². The predicted octanol–water partition coefficient (Wildman–Crippen LogP) is 2.06. The number of amides is 1. The number of imidazole rings is 1. The van der Waals surface area contributed by atoms with E-state index < -0.39 is 5.82 Å². The van der Waals surface area contributed by atoms with Crippen LogP contribution in [0.5, 0.6) is 0 Å². The molecule has 0 aliphatic carbocycles. The molecule has 1 aromatic carbocycles. The van der Waals surface area contributed by atoms with Crippen molar-refractivity contribution in [1.29, 1.82) is 0 Å². The van der Waals surface area contributed by atoms with E-state index >= 15 is 0 Å². The lowest BCUT2D eigenvalue weighted by Crippen LogP contribution is -2.28. The van der Waals surface area contributed by atoms with Crippen LogP contribution < -0.4 is 0 Å². The van der Waals surface area contributed by atoms with E-state index in [9.17, 15) is 9.18 Å². The van der Waals surface area contributed by atoms with Crippen molar-refractivity contribution in [3.63, 3.8) is 0 Å². The maximum absolute atomic E-state index is 13.7. The van der Waals surface area contributed by atoms with Gasteiger partial charge in [-0.2, -0.15) is 4.98 Å². The largest absolute Gasteiger partial charge is 0.337 e. The Balaban J connectivity index is 0.00000272. The highest BCUT2D eigenvalue weighted by molar-refractivity contribution is 5.98. The van der Waals surface area contributed by atoms with Gasteiger partial charge in [-0.25, -0.2) is 9.37 Å². The van der Waals surface area contributed by atoms with Gasteiger partial charge in [0.2, 0.25) is 11.7 Å². The second-order valence-corrected chi connectivity index (χ2v) is 7.79. The highest BCUT2D eigenvalue weighted by atomic mass is 35.5. The summed E-state index contributed by atoms with van der Waals surface area (Å²) >= 11 is 0. The van der Waals surface area contributed by atoms with Gasteiger partial charge >= 0.3 is 0 Å². The third-order valence-corrected chi connectivity index (χ3v) is 5.06. The molecule has 0 bridgehead atoms. The zero-order chi connectivity index (χ0) is 21.4. The minimum atomic E-state index is -0.458. The molecule has 0 saturated heterocycles. The van der Waals surface area contributed by atoms with Crippen LogP contribution in [0.2, 0.25) is 0 Å². The average Bonchev–Trinajstić information content (AvgIpc) is 3.30. The van der Waals surface area contributed by atoms with Crippen LogP contribution in [0.4, 0.5) is 4.39 Å². The van der Waals surface area contributed by atoms with Gasteiger partial charge < -0.3 is 14.3 Å². The number of hydrogen-bond acceptors (Lipinski definition) is 7. The summed E-state index contributed by atoms with van der Waals surface area (Å²) in [6, 6.07) is 4.16. The van der Waals surface area contributed by atoms with Crippen LogP contribution in [-0.4, -0.2) is 81.6 Å². The second-order valence-electron chi connectivity index (χ2n) is 7.79. The molecular weight excluding hydrogens is 425 g/mol. The van der Waals surface area contributed by atoms with Gasteiger partial charge in [0, 0.05) is 20.1 Å². The van der Waals surface area contributed by atoms with E-state index in [4.69, 9.17) is 4.52 Å². The van der Waals surface area contributed by atoms with Crippen LogP contribution in [0.1, 0.15) is 21.9 Å². The molecule has 1 amide bonds. The first-order chi connectivity index (χ1) is 14.3. The number of fused-ring (bicyclic) bond motifs is 3. The molecule has 1 aliphatic heterocycles. The van der Waals surface area contributed by atoms with Crippen LogP contribution in [0.15, 0.2) is 29.0 Å². The van der Waals surface area contributed by atoms with Gasteiger partial charge in [-0.3, -0.25) is 14.3 Å². The topological polar surface area (TPSA) is 83.5 Å². The van der Waals surface area contributed by atoms with E-state index in [1.165, 1.54) is 17.0 Å². The molecule has 1 aliphatic rings. The lowest BCUT2D eigenvalue weighted by Gasteiger charge is -2.17. The molecule has 2 aromatic heterocycles. The Kier molecular flexibility index (Phi) is 6.73. The average molecular weight is 450 g/mol. The molecule has 0 N–H and O–H groups in total. The Morgan fingerprint density at radius 2 is 2.00 bits per heavy atom. The molecule has 9 nitrogen and oxygen atoms in total. The molecule has 11 heteroatoms. The molecule has 0 unspecified atom stereocenters. The van der Waals surface area contributed by atoms with Crippen LogP contribution in [0.3, 0.4) is 0 Å². The van der Waals surface area contributed by atoms with Crippen LogP contribution >= 0.6 is 12.4 Å². The number of nitrogens with zero attached hydrogens (tertiary/aromatic N) is 7. The third kappa shape index (κ3) is 4.60. The standard InChI is InChI=1S/C20H24FN7O2.ClH/c1-25(2)7-8-26(3)11-17-23-19(24-30-17)18-16-10-27(4)20(29)14-9-13(21)5-6-15(14)28(16)12-22-18;/h5-6,9,12H,7-8,10-11H2,1-4H3;1H. The number of carbonyl (C=O) groups excluding carboxylic acids is 1. The maximum Gasteiger partial charge on any atom is 0.256 e. The Labute approximate surface area is 185 Å². The molecule has 4 rings (SSSR count). The van der Waals surface area contributed by atoms with Crippen molar-refractivity contribution in [3.8, 4) is 17.2 Å². The molecule has 31 heavy (non-hydrogen) atoms. The summed E-state index contributed by atoms with van der Waals surface area (Å²) in [4.78, 5) is 27.4. The van der Waals surface area contributed by atoms with Crippen molar-refractivity contribution in [2.75, 3.05) is 41.3 Å². The Bertz CT molecular complexity index is 1080. The number of halogens is 2. The fourth-order valence-electron chi connectivity index (χ4n) is 3.41.